The van der Waals surface area contributed by atoms with Gasteiger partial charge in [0.1, 0.15) is 5.82 Å². The van der Waals surface area contributed by atoms with Gasteiger partial charge < -0.3 is 28.2 Å². The zero-order chi connectivity index (χ0) is 51.1. The molecule has 1 aliphatic rings. The van der Waals surface area contributed by atoms with E-state index in [1.807, 2.05) is 127 Å². The maximum Gasteiger partial charge on any atom is 0.135 e. The topological polar surface area (TPSA) is 43.4 Å². The minimum absolute atomic E-state index is 0. The van der Waals surface area contributed by atoms with Crippen molar-refractivity contribution in [1.29, 1.82) is 0 Å². The first-order chi connectivity index (χ1) is 35.6. The Bertz CT molecular complexity index is 4230. The van der Waals surface area contributed by atoms with Crippen molar-refractivity contribution in [3.8, 4) is 28.4 Å². The second kappa shape index (κ2) is 15.0. The number of benzene rings is 8. The SMILES string of the molecule is [2H]c1c([2H])c([2H])c2c(c1[2H])c1ccc(Oc3[c-]c(N4[CH-]N(c5c6c(cc7c8ccccc8n(C([2H])([2H])[2H])c57)c5ccccc5n6C([2H])([2H])[2H])c5ccccc54)ccc3)[c-]c1n2-c1cc(C)c(-c2ccccc2)cn1.[Pt]. The molecular weight excluding hydrogens is 980 g/mol. The summed E-state index contributed by atoms with van der Waals surface area (Å²) in [6.07, 6.45) is 1.77. The third-order valence-electron chi connectivity index (χ3n) is 12.4. The standard InChI is InChI=1S/C57H39N6O.Pt/c1-36-30-54(58-34-47(36)37-16-5-4-6-17-37)63-50-25-12-9-20-41(50)44-29-28-40(32-53(44)63)64-39-19-15-18-38(31-39)61-35-62(52-27-14-13-26-51(52)61)57-55-45(42-21-7-10-23-48(42)59(55)2)33-46-43-22-8-11-24-49(43)60(3)56(46)57;/h4-30,33-35H,1-3H3;/q-3;/i2D3,3D3,9D,12D,20D,25D;. The molecule has 0 amide bonds. The molecule has 0 bridgehead atoms. The maximum atomic E-state index is 9.09. The molecule has 0 spiro atoms. The number of nitrogens with zero attached hydrogens (tertiary/aromatic N) is 6. The second-order valence-electron chi connectivity index (χ2n) is 15.9. The van der Waals surface area contributed by atoms with E-state index in [-0.39, 0.29) is 56.5 Å². The summed E-state index contributed by atoms with van der Waals surface area (Å²) in [4.78, 5) is 8.63. The second-order valence-corrected chi connectivity index (χ2v) is 15.9. The van der Waals surface area contributed by atoms with Crippen LogP contribution in [0.5, 0.6) is 11.5 Å². The van der Waals surface area contributed by atoms with E-state index in [2.05, 4.69) is 12.1 Å². The number of aryl methyl sites for hydroxylation is 3. The van der Waals surface area contributed by atoms with Crippen molar-refractivity contribution in [3.05, 3.63) is 200 Å². The fraction of sp³-hybridized carbons (Fsp3) is 0.0526. The average molecular weight is 1030 g/mol. The van der Waals surface area contributed by atoms with Crippen molar-refractivity contribution in [2.45, 2.75) is 6.92 Å². The predicted octanol–water partition coefficient (Wildman–Crippen LogP) is 14.2. The van der Waals surface area contributed by atoms with Crippen molar-refractivity contribution in [2.75, 3.05) is 9.80 Å². The monoisotopic (exact) mass is 1030 g/mol. The van der Waals surface area contributed by atoms with Gasteiger partial charge in [-0.3, -0.25) is 0 Å². The Hall–Kier alpha value is -7.60. The number of fused-ring (bicyclic) bond motifs is 10. The summed E-state index contributed by atoms with van der Waals surface area (Å²) >= 11 is 0. The molecule has 13 rings (SSSR count). The molecule has 8 heteroatoms. The Morgan fingerprint density at radius 3 is 1.98 bits per heavy atom. The Kier molecular flexibility index (Phi) is 6.86. The van der Waals surface area contributed by atoms with Gasteiger partial charge in [0.2, 0.25) is 0 Å². The van der Waals surface area contributed by atoms with E-state index in [0.717, 1.165) is 16.7 Å². The normalized spacial score (nSPS) is 15.2. The van der Waals surface area contributed by atoms with Crippen LogP contribution in [0.3, 0.4) is 0 Å². The smallest absolute Gasteiger partial charge is 0.135 e. The van der Waals surface area contributed by atoms with Crippen molar-refractivity contribution in [3.63, 3.8) is 0 Å². The molecular formula is C57H39N6OPt-3. The Morgan fingerprint density at radius 2 is 1.26 bits per heavy atom. The summed E-state index contributed by atoms with van der Waals surface area (Å²) in [7, 11) is 0. The molecule has 1 aliphatic heterocycles. The van der Waals surface area contributed by atoms with Crippen LogP contribution in [0.2, 0.25) is 0 Å². The Labute approximate surface area is 404 Å². The van der Waals surface area contributed by atoms with E-state index >= 15 is 0 Å². The van der Waals surface area contributed by atoms with Crippen molar-refractivity contribution >= 4 is 88.2 Å². The third kappa shape index (κ3) is 5.89. The molecule has 12 aromatic rings. The van der Waals surface area contributed by atoms with Gasteiger partial charge in [-0.1, -0.05) is 103 Å². The quantitative estimate of drug-likeness (QED) is 0.156. The van der Waals surface area contributed by atoms with E-state index in [9.17, 15) is 0 Å². The molecule has 7 nitrogen and oxygen atoms in total. The van der Waals surface area contributed by atoms with Crippen LogP contribution >= 0.6 is 0 Å². The predicted molar refractivity (Wildman–Crippen MR) is 262 cm³/mol. The molecule has 4 aromatic heterocycles. The van der Waals surface area contributed by atoms with Crippen molar-refractivity contribution < 1.29 is 39.5 Å². The summed E-state index contributed by atoms with van der Waals surface area (Å²) in [5.41, 5.74) is 7.44. The summed E-state index contributed by atoms with van der Waals surface area (Å²) in [5.74, 6) is 1.03. The van der Waals surface area contributed by atoms with Gasteiger partial charge in [-0.2, -0.15) is 12.1 Å². The fourth-order valence-electron chi connectivity index (χ4n) is 9.50. The van der Waals surface area contributed by atoms with Crippen LogP contribution in [0.25, 0.3) is 82.4 Å². The van der Waals surface area contributed by atoms with Gasteiger partial charge in [-0.25, -0.2) is 4.98 Å². The molecule has 0 N–H and O–H groups in total. The van der Waals surface area contributed by atoms with E-state index in [1.165, 1.54) is 9.13 Å². The van der Waals surface area contributed by atoms with Gasteiger partial charge in [0.25, 0.3) is 0 Å². The van der Waals surface area contributed by atoms with E-state index in [4.69, 9.17) is 23.4 Å². The summed E-state index contributed by atoms with van der Waals surface area (Å²) in [5, 5.41) is 3.58. The molecule has 316 valence electrons. The van der Waals surface area contributed by atoms with Gasteiger partial charge in [-0.05, 0) is 65.9 Å². The molecule has 0 unspecified atom stereocenters. The van der Waals surface area contributed by atoms with E-state index < -0.39 is 14.0 Å². The first-order valence-electron chi connectivity index (χ1n) is 25.8. The first kappa shape index (κ1) is 29.7. The fourth-order valence-corrected chi connectivity index (χ4v) is 9.50. The van der Waals surface area contributed by atoms with Crippen LogP contribution in [0.4, 0.5) is 22.7 Å². The molecule has 0 radical (unpaired) electrons. The number of pyridine rings is 1. The molecule has 0 aliphatic carbocycles. The summed E-state index contributed by atoms with van der Waals surface area (Å²) in [6, 6.07) is 50.5. The molecule has 0 fully saturated rings. The number of anilines is 4. The Morgan fingerprint density at radius 1 is 0.600 bits per heavy atom. The Balaban J connectivity index is 0.00000569. The zero-order valence-corrected chi connectivity index (χ0v) is 36.7. The van der Waals surface area contributed by atoms with Crippen LogP contribution in [0, 0.1) is 25.7 Å². The number of aromatic nitrogens is 4. The van der Waals surface area contributed by atoms with Crippen LogP contribution < -0.4 is 14.5 Å². The molecule has 65 heavy (non-hydrogen) atoms. The molecule has 0 saturated carbocycles. The molecule has 0 saturated heterocycles. The zero-order valence-electron chi connectivity index (χ0n) is 44.4. The first-order valence-corrected chi connectivity index (χ1v) is 20.8. The van der Waals surface area contributed by atoms with Crippen LogP contribution in [-0.2, 0) is 35.0 Å². The number of rotatable bonds is 6. The van der Waals surface area contributed by atoms with Gasteiger partial charge in [0.15, 0.2) is 0 Å². The van der Waals surface area contributed by atoms with Gasteiger partial charge in [-0.15, -0.1) is 48.1 Å². The number of hydrogen-bond acceptors (Lipinski definition) is 4. The van der Waals surface area contributed by atoms with Crippen LogP contribution in [0.1, 0.15) is 19.3 Å². The van der Waals surface area contributed by atoms with Crippen molar-refractivity contribution in [2.24, 2.45) is 14.0 Å². The minimum Gasteiger partial charge on any atom is -0.509 e. The number of para-hydroxylation sites is 5. The maximum absolute atomic E-state index is 9.09. The summed E-state index contributed by atoms with van der Waals surface area (Å²) < 4.78 is 99.9. The van der Waals surface area contributed by atoms with Gasteiger partial charge >= 0.3 is 0 Å². The van der Waals surface area contributed by atoms with Crippen LogP contribution in [-0.4, -0.2) is 18.7 Å². The minimum atomic E-state index is -2.67. The molecule has 0 atom stereocenters. The number of hydrogen-bond donors (Lipinski definition) is 0. The molecule has 8 aromatic carbocycles. The van der Waals surface area contributed by atoms with Gasteiger partial charge in [0, 0.05) is 116 Å². The largest absolute Gasteiger partial charge is 0.509 e. The number of ether oxygens (including phenoxy) is 1. The van der Waals surface area contributed by atoms with Crippen molar-refractivity contribution in [1.82, 2.24) is 18.7 Å². The van der Waals surface area contributed by atoms with Crippen LogP contribution in [0.15, 0.2) is 176 Å². The molecule has 5 heterocycles. The average Bonchev–Trinajstić information content (AvgIpc) is 4.14. The summed E-state index contributed by atoms with van der Waals surface area (Å²) in [6.45, 7) is -1.54. The van der Waals surface area contributed by atoms with E-state index in [0.29, 0.717) is 94.2 Å². The van der Waals surface area contributed by atoms with Gasteiger partial charge in [0.05, 0.1) is 22.2 Å². The van der Waals surface area contributed by atoms with E-state index in [1.54, 1.807) is 53.2 Å². The third-order valence-corrected chi connectivity index (χ3v) is 12.4.